The molecule has 4 aliphatic rings. The van der Waals surface area contributed by atoms with Gasteiger partial charge in [0, 0.05) is 25.8 Å². The van der Waals surface area contributed by atoms with Gasteiger partial charge in [-0.2, -0.15) is 24.9 Å². The molecule has 4 unspecified atom stereocenters. The summed E-state index contributed by atoms with van der Waals surface area (Å²) in [4.78, 5) is 2.23. The summed E-state index contributed by atoms with van der Waals surface area (Å²) in [7, 11) is 0. The maximum absolute atomic E-state index is 15.4. The number of thioether (sulfide) groups is 1. The minimum absolute atomic E-state index is 0.199. The maximum Gasteiger partial charge on any atom is 0.391 e. The standard InChI is InChI=1S/C20H34F4N4S/c21-17-18(25-10-13-7-9-29-11-13)26-12-27-19(17)28-8-1-2-16(28)14-3-5-15(6-4-14)20(22,23)24/h13-19,25-27H,1-12H2/t13?,14?,15?,16-,17?,18?,19?/m1/s1. The van der Waals surface area contributed by atoms with Crippen molar-refractivity contribution < 1.29 is 17.6 Å². The molecule has 3 heterocycles. The highest BCUT2D eigenvalue weighted by Crippen LogP contribution is 2.43. The van der Waals surface area contributed by atoms with Crippen molar-refractivity contribution in [2.45, 2.75) is 75.7 Å². The van der Waals surface area contributed by atoms with Crippen molar-refractivity contribution in [1.82, 2.24) is 20.9 Å². The summed E-state index contributed by atoms with van der Waals surface area (Å²) in [6, 6.07) is 0.199. The molecule has 4 nitrogen and oxygen atoms in total. The number of alkyl halides is 4. The van der Waals surface area contributed by atoms with Crippen LogP contribution in [0.3, 0.4) is 0 Å². The number of likely N-dealkylation sites (tertiary alicyclic amines) is 1. The van der Waals surface area contributed by atoms with E-state index in [1.165, 1.54) is 12.2 Å². The Kier molecular flexibility index (Phi) is 7.31. The van der Waals surface area contributed by atoms with Gasteiger partial charge in [0.05, 0.1) is 18.2 Å². The molecule has 168 valence electrons. The molecule has 3 saturated heterocycles. The van der Waals surface area contributed by atoms with Gasteiger partial charge in [0.15, 0.2) is 6.17 Å². The van der Waals surface area contributed by atoms with E-state index in [4.69, 9.17) is 0 Å². The molecule has 0 amide bonds. The average Bonchev–Trinajstić information content (AvgIpc) is 3.39. The first-order valence-corrected chi connectivity index (χ1v) is 12.3. The quantitative estimate of drug-likeness (QED) is 0.575. The van der Waals surface area contributed by atoms with Gasteiger partial charge in [-0.25, -0.2) is 4.39 Å². The van der Waals surface area contributed by atoms with E-state index in [9.17, 15) is 13.2 Å². The second kappa shape index (κ2) is 9.59. The highest BCUT2D eigenvalue weighted by atomic mass is 32.2. The van der Waals surface area contributed by atoms with E-state index in [0.717, 1.165) is 31.7 Å². The van der Waals surface area contributed by atoms with Crippen LogP contribution in [0.2, 0.25) is 0 Å². The fraction of sp³-hybridized carbons (Fsp3) is 1.00. The van der Waals surface area contributed by atoms with Gasteiger partial charge in [0.2, 0.25) is 0 Å². The molecule has 0 aromatic heterocycles. The lowest BCUT2D eigenvalue weighted by atomic mass is 9.77. The second-order valence-corrected chi connectivity index (χ2v) is 10.3. The van der Waals surface area contributed by atoms with Crippen LogP contribution in [-0.2, 0) is 0 Å². The Morgan fingerprint density at radius 1 is 1.03 bits per heavy atom. The van der Waals surface area contributed by atoms with Crippen LogP contribution in [0, 0.1) is 17.8 Å². The Morgan fingerprint density at radius 3 is 2.52 bits per heavy atom. The lowest BCUT2D eigenvalue weighted by molar-refractivity contribution is -0.185. The number of nitrogens with one attached hydrogen (secondary N) is 3. The lowest BCUT2D eigenvalue weighted by Crippen LogP contribution is -2.69. The van der Waals surface area contributed by atoms with Crippen LogP contribution in [-0.4, -0.2) is 66.9 Å². The molecule has 3 N–H and O–H groups in total. The van der Waals surface area contributed by atoms with Gasteiger partial charge in [-0.15, -0.1) is 0 Å². The molecule has 5 atom stereocenters. The van der Waals surface area contributed by atoms with Crippen LogP contribution in [0.5, 0.6) is 0 Å². The van der Waals surface area contributed by atoms with Crippen LogP contribution in [0.15, 0.2) is 0 Å². The van der Waals surface area contributed by atoms with E-state index >= 15 is 4.39 Å². The summed E-state index contributed by atoms with van der Waals surface area (Å²) in [6.45, 7) is 2.21. The number of nitrogens with zero attached hydrogens (tertiary/aromatic N) is 1. The Balaban J connectivity index is 1.32. The molecule has 0 spiro atoms. The Labute approximate surface area is 175 Å². The van der Waals surface area contributed by atoms with Gasteiger partial charge in [-0.3, -0.25) is 20.9 Å². The van der Waals surface area contributed by atoms with E-state index in [1.807, 2.05) is 11.8 Å². The molecule has 1 aliphatic carbocycles. The highest BCUT2D eigenvalue weighted by molar-refractivity contribution is 7.99. The Bertz CT molecular complexity index is 523. The molecule has 1 saturated carbocycles. The van der Waals surface area contributed by atoms with Crippen LogP contribution < -0.4 is 16.0 Å². The molecule has 0 aromatic carbocycles. The largest absolute Gasteiger partial charge is 0.391 e. The van der Waals surface area contributed by atoms with Crippen molar-refractivity contribution in [3.63, 3.8) is 0 Å². The third-order valence-electron chi connectivity index (χ3n) is 7.38. The topological polar surface area (TPSA) is 39.3 Å². The molecule has 0 bridgehead atoms. The minimum Gasteiger partial charge on any atom is -0.299 e. The molecule has 0 aromatic rings. The summed E-state index contributed by atoms with van der Waals surface area (Å²) >= 11 is 1.96. The van der Waals surface area contributed by atoms with Crippen LogP contribution in [0.25, 0.3) is 0 Å². The fourth-order valence-corrected chi connectivity index (χ4v) is 6.99. The molecule has 3 aliphatic heterocycles. The predicted octanol–water partition coefficient (Wildman–Crippen LogP) is 3.30. The smallest absolute Gasteiger partial charge is 0.299 e. The number of hydrogen-bond donors (Lipinski definition) is 3. The van der Waals surface area contributed by atoms with Gasteiger partial charge in [0.1, 0.15) is 0 Å². The van der Waals surface area contributed by atoms with Gasteiger partial charge >= 0.3 is 6.18 Å². The first kappa shape index (κ1) is 22.1. The van der Waals surface area contributed by atoms with E-state index in [-0.39, 0.29) is 37.1 Å². The van der Waals surface area contributed by atoms with Crippen molar-refractivity contribution in [2.24, 2.45) is 17.8 Å². The second-order valence-electron chi connectivity index (χ2n) is 9.19. The summed E-state index contributed by atoms with van der Waals surface area (Å²) in [5.74, 6) is 2.06. The monoisotopic (exact) mass is 438 g/mol. The van der Waals surface area contributed by atoms with E-state index in [0.29, 0.717) is 25.4 Å². The molecule has 9 heteroatoms. The van der Waals surface area contributed by atoms with Gasteiger partial charge in [0.25, 0.3) is 0 Å². The van der Waals surface area contributed by atoms with E-state index < -0.39 is 18.3 Å². The van der Waals surface area contributed by atoms with Gasteiger partial charge in [-0.1, -0.05) is 0 Å². The highest BCUT2D eigenvalue weighted by Gasteiger charge is 2.46. The Morgan fingerprint density at radius 2 is 1.83 bits per heavy atom. The Hall–Kier alpha value is -0.0900. The maximum atomic E-state index is 15.4. The number of hydrogen-bond acceptors (Lipinski definition) is 5. The van der Waals surface area contributed by atoms with Crippen LogP contribution in [0.1, 0.15) is 44.9 Å². The molecular formula is C20H34F4N4S. The zero-order valence-corrected chi connectivity index (χ0v) is 17.7. The van der Waals surface area contributed by atoms with Gasteiger partial charge in [-0.05, 0) is 68.3 Å². The van der Waals surface area contributed by atoms with Crippen LogP contribution >= 0.6 is 11.8 Å². The third-order valence-corrected chi connectivity index (χ3v) is 8.61. The molecule has 4 rings (SSSR count). The van der Waals surface area contributed by atoms with Gasteiger partial charge < -0.3 is 0 Å². The minimum atomic E-state index is -4.07. The SMILES string of the molecule is FC1C(NCC2CCSC2)NCNC1N1CCC[C@@H]1C1CCC(C(F)(F)F)CC1. The fourth-order valence-electron chi connectivity index (χ4n) is 5.70. The summed E-state index contributed by atoms with van der Waals surface area (Å²) in [5.41, 5.74) is 0. The number of rotatable bonds is 5. The van der Waals surface area contributed by atoms with E-state index in [1.54, 1.807) is 0 Å². The van der Waals surface area contributed by atoms with Crippen molar-refractivity contribution in [2.75, 3.05) is 31.3 Å². The summed E-state index contributed by atoms with van der Waals surface area (Å²) < 4.78 is 54.4. The van der Waals surface area contributed by atoms with Crippen molar-refractivity contribution in [3.05, 3.63) is 0 Å². The average molecular weight is 439 g/mol. The van der Waals surface area contributed by atoms with Crippen molar-refractivity contribution in [1.29, 1.82) is 0 Å². The normalized spacial score (nSPS) is 42.4. The van der Waals surface area contributed by atoms with Crippen molar-refractivity contribution in [3.8, 4) is 0 Å². The predicted molar refractivity (Wildman–Crippen MR) is 108 cm³/mol. The molecule has 4 fully saturated rings. The first-order valence-electron chi connectivity index (χ1n) is 11.2. The zero-order chi connectivity index (χ0) is 20.4. The molecular weight excluding hydrogens is 404 g/mol. The molecule has 0 radical (unpaired) electrons. The first-order chi connectivity index (χ1) is 13.9. The lowest BCUT2D eigenvalue weighted by Gasteiger charge is -2.45. The summed E-state index contributed by atoms with van der Waals surface area (Å²) in [5, 5.41) is 9.89. The third kappa shape index (κ3) is 5.22. The zero-order valence-electron chi connectivity index (χ0n) is 16.9. The number of halogens is 4. The summed E-state index contributed by atoms with van der Waals surface area (Å²) in [6.07, 6.45) is -1.06. The van der Waals surface area contributed by atoms with E-state index in [2.05, 4.69) is 20.9 Å². The van der Waals surface area contributed by atoms with Crippen molar-refractivity contribution >= 4 is 11.8 Å². The molecule has 29 heavy (non-hydrogen) atoms. The van der Waals surface area contributed by atoms with Crippen LogP contribution in [0.4, 0.5) is 17.6 Å².